The Morgan fingerprint density at radius 3 is 2.79 bits per heavy atom. The molecular weight excluding hydrogens is 302 g/mol. The van der Waals surface area contributed by atoms with E-state index in [0.717, 1.165) is 44.2 Å². The minimum absolute atomic E-state index is 0.000608. The molecule has 5 nitrogen and oxygen atoms in total. The topological polar surface area (TPSA) is 62.3 Å². The fraction of sp³-hybridized carbons (Fsp3) is 0.526. The number of likely N-dealkylation sites (tertiary alicyclic amines) is 1. The predicted octanol–water partition coefficient (Wildman–Crippen LogP) is 2.64. The van der Waals surface area contributed by atoms with Crippen LogP contribution in [0.3, 0.4) is 0 Å². The fourth-order valence-electron chi connectivity index (χ4n) is 2.84. The molecule has 5 heteroatoms. The highest BCUT2D eigenvalue weighted by molar-refractivity contribution is 5.92. The fourth-order valence-corrected chi connectivity index (χ4v) is 2.84. The summed E-state index contributed by atoms with van der Waals surface area (Å²) in [7, 11) is 0. The Balaban J connectivity index is 1.72. The molecule has 2 rings (SSSR count). The molecule has 2 amide bonds. The number of rotatable bonds is 7. The van der Waals surface area contributed by atoms with Crippen molar-refractivity contribution in [3.05, 3.63) is 36.2 Å². The summed E-state index contributed by atoms with van der Waals surface area (Å²) in [5, 5.41) is 3.01. The molecule has 1 saturated heterocycles. The second-order valence-electron chi connectivity index (χ2n) is 6.22. The SMILES string of the molecule is CCCCCNC(=O)C1CCN(C(=O)C=Cc2cccnc2)CC1. The molecule has 0 aromatic carbocycles. The average molecular weight is 329 g/mol. The molecule has 0 spiro atoms. The zero-order valence-corrected chi connectivity index (χ0v) is 14.4. The van der Waals surface area contributed by atoms with Crippen molar-refractivity contribution in [1.82, 2.24) is 15.2 Å². The maximum Gasteiger partial charge on any atom is 0.246 e. The molecule has 0 atom stereocenters. The van der Waals surface area contributed by atoms with Gasteiger partial charge in [-0.2, -0.15) is 0 Å². The van der Waals surface area contributed by atoms with Gasteiger partial charge in [-0.3, -0.25) is 14.6 Å². The van der Waals surface area contributed by atoms with Crippen LogP contribution < -0.4 is 5.32 Å². The van der Waals surface area contributed by atoms with Gasteiger partial charge in [0, 0.05) is 44.0 Å². The zero-order chi connectivity index (χ0) is 17.2. The van der Waals surface area contributed by atoms with Crippen LogP contribution in [0, 0.1) is 5.92 Å². The largest absolute Gasteiger partial charge is 0.356 e. The van der Waals surface area contributed by atoms with Crippen molar-refractivity contribution in [2.75, 3.05) is 19.6 Å². The van der Waals surface area contributed by atoms with Gasteiger partial charge in [-0.25, -0.2) is 0 Å². The number of carbonyl (C=O) groups is 2. The van der Waals surface area contributed by atoms with E-state index in [9.17, 15) is 9.59 Å². The number of piperidine rings is 1. The highest BCUT2D eigenvalue weighted by Gasteiger charge is 2.26. The number of aromatic nitrogens is 1. The smallest absolute Gasteiger partial charge is 0.246 e. The quantitative estimate of drug-likeness (QED) is 0.618. The number of amides is 2. The molecule has 0 unspecified atom stereocenters. The third-order valence-corrected chi connectivity index (χ3v) is 4.36. The normalized spacial score (nSPS) is 15.6. The van der Waals surface area contributed by atoms with Gasteiger partial charge >= 0.3 is 0 Å². The van der Waals surface area contributed by atoms with Gasteiger partial charge in [0.25, 0.3) is 0 Å². The Morgan fingerprint density at radius 2 is 2.12 bits per heavy atom. The third kappa shape index (κ3) is 5.80. The first-order chi connectivity index (χ1) is 11.7. The molecule has 1 aliphatic heterocycles. The molecule has 0 saturated carbocycles. The van der Waals surface area contributed by atoms with E-state index in [0.29, 0.717) is 13.1 Å². The van der Waals surface area contributed by atoms with Gasteiger partial charge in [0.2, 0.25) is 11.8 Å². The summed E-state index contributed by atoms with van der Waals surface area (Å²) < 4.78 is 0. The Bertz CT molecular complexity index is 549. The summed E-state index contributed by atoms with van der Waals surface area (Å²) >= 11 is 0. The van der Waals surface area contributed by atoms with Gasteiger partial charge in [-0.05, 0) is 37.0 Å². The molecule has 1 aromatic rings. The summed E-state index contributed by atoms with van der Waals surface area (Å²) in [5.74, 6) is 0.183. The zero-order valence-electron chi connectivity index (χ0n) is 14.4. The number of nitrogens with one attached hydrogen (secondary N) is 1. The lowest BCUT2D eigenvalue weighted by Crippen LogP contribution is -2.42. The standard InChI is InChI=1S/C19H27N3O2/c1-2-3-4-12-21-19(24)17-9-13-22(14-10-17)18(23)8-7-16-6-5-11-20-15-16/h5-8,11,15,17H,2-4,9-10,12-14H2,1H3,(H,21,24). The Hall–Kier alpha value is -2.17. The van der Waals surface area contributed by atoms with Crippen molar-refractivity contribution in [2.24, 2.45) is 5.92 Å². The van der Waals surface area contributed by atoms with Crippen molar-refractivity contribution >= 4 is 17.9 Å². The summed E-state index contributed by atoms with van der Waals surface area (Å²) in [6.07, 6.45) is 11.6. The average Bonchev–Trinajstić information content (AvgIpc) is 2.64. The Kier molecular flexibility index (Phi) is 7.46. The van der Waals surface area contributed by atoms with Crippen LogP contribution in [-0.4, -0.2) is 41.3 Å². The molecule has 0 radical (unpaired) electrons. The molecule has 1 aliphatic rings. The molecule has 0 bridgehead atoms. The van der Waals surface area contributed by atoms with E-state index in [1.54, 1.807) is 24.5 Å². The van der Waals surface area contributed by atoms with Gasteiger partial charge in [0.1, 0.15) is 0 Å². The first-order valence-corrected chi connectivity index (χ1v) is 8.85. The maximum atomic E-state index is 12.2. The van der Waals surface area contributed by atoms with Crippen molar-refractivity contribution in [3.8, 4) is 0 Å². The number of hydrogen-bond donors (Lipinski definition) is 1. The molecule has 2 heterocycles. The minimum Gasteiger partial charge on any atom is -0.356 e. The van der Waals surface area contributed by atoms with E-state index in [-0.39, 0.29) is 17.7 Å². The van der Waals surface area contributed by atoms with Crippen molar-refractivity contribution < 1.29 is 9.59 Å². The predicted molar refractivity (Wildman–Crippen MR) is 95.1 cm³/mol. The lowest BCUT2D eigenvalue weighted by molar-refractivity contribution is -0.132. The monoisotopic (exact) mass is 329 g/mol. The number of unbranched alkanes of at least 4 members (excludes halogenated alkanes) is 2. The Morgan fingerprint density at radius 1 is 1.33 bits per heavy atom. The van der Waals surface area contributed by atoms with Crippen LogP contribution >= 0.6 is 0 Å². The summed E-state index contributed by atoms with van der Waals surface area (Å²) in [6.45, 7) is 4.20. The van der Waals surface area contributed by atoms with Gasteiger partial charge in [0.05, 0.1) is 0 Å². The van der Waals surface area contributed by atoms with Crippen LogP contribution in [-0.2, 0) is 9.59 Å². The van der Waals surface area contributed by atoms with Crippen LogP contribution in [0.25, 0.3) is 6.08 Å². The minimum atomic E-state index is 0.000608. The number of hydrogen-bond acceptors (Lipinski definition) is 3. The molecular formula is C19H27N3O2. The lowest BCUT2D eigenvalue weighted by atomic mass is 9.95. The van der Waals surface area contributed by atoms with E-state index < -0.39 is 0 Å². The highest BCUT2D eigenvalue weighted by atomic mass is 16.2. The Labute approximate surface area is 144 Å². The molecule has 1 N–H and O–H groups in total. The van der Waals surface area contributed by atoms with Gasteiger partial charge < -0.3 is 10.2 Å². The maximum absolute atomic E-state index is 12.2. The van der Waals surface area contributed by atoms with Gasteiger partial charge in [-0.15, -0.1) is 0 Å². The molecule has 0 aliphatic carbocycles. The summed E-state index contributed by atoms with van der Waals surface area (Å²) in [4.78, 5) is 30.2. The van der Waals surface area contributed by atoms with Crippen LogP contribution in [0.5, 0.6) is 0 Å². The second kappa shape index (κ2) is 9.85. The van der Waals surface area contributed by atoms with Crippen LogP contribution in [0.2, 0.25) is 0 Å². The molecule has 1 fully saturated rings. The number of nitrogens with zero attached hydrogens (tertiary/aromatic N) is 2. The summed E-state index contributed by atoms with van der Waals surface area (Å²) in [5.41, 5.74) is 0.909. The van der Waals surface area contributed by atoms with Crippen molar-refractivity contribution in [1.29, 1.82) is 0 Å². The lowest BCUT2D eigenvalue weighted by Gasteiger charge is -2.30. The van der Waals surface area contributed by atoms with E-state index in [1.807, 2.05) is 17.0 Å². The molecule has 1 aromatic heterocycles. The second-order valence-corrected chi connectivity index (χ2v) is 6.22. The number of carbonyl (C=O) groups excluding carboxylic acids is 2. The van der Waals surface area contributed by atoms with Gasteiger partial charge in [-0.1, -0.05) is 25.8 Å². The number of pyridine rings is 1. The first kappa shape index (κ1) is 18.2. The van der Waals surface area contributed by atoms with Crippen molar-refractivity contribution in [2.45, 2.75) is 39.0 Å². The van der Waals surface area contributed by atoms with Crippen LogP contribution in [0.15, 0.2) is 30.6 Å². The first-order valence-electron chi connectivity index (χ1n) is 8.85. The van der Waals surface area contributed by atoms with E-state index >= 15 is 0 Å². The van der Waals surface area contributed by atoms with Gasteiger partial charge in [0.15, 0.2) is 0 Å². The van der Waals surface area contributed by atoms with Crippen LogP contribution in [0.4, 0.5) is 0 Å². The van der Waals surface area contributed by atoms with Crippen LogP contribution in [0.1, 0.15) is 44.6 Å². The van der Waals surface area contributed by atoms with E-state index in [1.165, 1.54) is 0 Å². The summed E-state index contributed by atoms with van der Waals surface area (Å²) in [6, 6.07) is 3.75. The van der Waals surface area contributed by atoms with E-state index in [2.05, 4.69) is 17.2 Å². The molecule has 24 heavy (non-hydrogen) atoms. The highest BCUT2D eigenvalue weighted by Crippen LogP contribution is 2.18. The van der Waals surface area contributed by atoms with Crippen molar-refractivity contribution in [3.63, 3.8) is 0 Å². The van der Waals surface area contributed by atoms with E-state index in [4.69, 9.17) is 0 Å². The molecule has 130 valence electrons. The third-order valence-electron chi connectivity index (χ3n) is 4.36.